The predicted molar refractivity (Wildman–Crippen MR) is 99.5 cm³/mol. The van der Waals surface area contributed by atoms with Crippen LogP contribution in [0.2, 0.25) is 0 Å². The average Bonchev–Trinajstić information content (AvgIpc) is 3.08. The first-order valence-electron chi connectivity index (χ1n) is 8.12. The summed E-state index contributed by atoms with van der Waals surface area (Å²) in [5, 5.41) is 0. The standard InChI is InChI=1S/C15H22INO4.C2H6/c1-10-6-8-17-12(14(19-3)20-4)5-7-16(17)15(2)11(10)9-13(18)21-15;1-2/h6,9,12,14H,5,7-8H2,1-4H3;1-2H3/t12?,15-;/m0./s1. The molecule has 1 unspecified atom stereocenters. The number of alkyl halides is 2. The van der Waals surface area contributed by atoms with Crippen molar-refractivity contribution in [3.63, 3.8) is 0 Å². The van der Waals surface area contributed by atoms with Crippen molar-refractivity contribution < 1.29 is 19.0 Å². The van der Waals surface area contributed by atoms with Crippen LogP contribution in [0, 0.1) is 0 Å². The maximum absolute atomic E-state index is 11.8. The third kappa shape index (κ3) is 3.23. The van der Waals surface area contributed by atoms with Gasteiger partial charge in [0.1, 0.15) is 0 Å². The molecule has 3 heterocycles. The van der Waals surface area contributed by atoms with Gasteiger partial charge in [-0.15, -0.1) is 0 Å². The Labute approximate surface area is 146 Å². The van der Waals surface area contributed by atoms with Crippen LogP contribution in [-0.4, -0.2) is 50.2 Å². The van der Waals surface area contributed by atoms with Crippen LogP contribution in [0.25, 0.3) is 0 Å². The number of rotatable bonds is 3. The van der Waals surface area contributed by atoms with E-state index in [1.54, 1.807) is 20.3 Å². The van der Waals surface area contributed by atoms with Crippen molar-refractivity contribution in [3.8, 4) is 0 Å². The van der Waals surface area contributed by atoms with Crippen LogP contribution in [0.1, 0.15) is 34.1 Å². The fourth-order valence-electron chi connectivity index (χ4n) is 3.38. The molecule has 132 valence electrons. The monoisotopic (exact) mass is 437 g/mol. The quantitative estimate of drug-likeness (QED) is 0.223. The van der Waals surface area contributed by atoms with Crippen LogP contribution < -0.4 is 0 Å². The number of nitrogens with zero attached hydrogens (tertiary/aromatic N) is 1. The fraction of sp³-hybridized carbons (Fsp3) is 0.706. The number of carbonyl (C=O) groups excluding carboxylic acids is 1. The van der Waals surface area contributed by atoms with E-state index in [-0.39, 0.29) is 18.3 Å². The summed E-state index contributed by atoms with van der Waals surface area (Å²) in [7, 11) is 3.37. The summed E-state index contributed by atoms with van der Waals surface area (Å²) in [4.78, 5) is 11.8. The zero-order chi connectivity index (χ0) is 17.2. The second kappa shape index (κ2) is 7.63. The molecule has 3 rings (SSSR count). The van der Waals surface area contributed by atoms with E-state index in [4.69, 9.17) is 14.2 Å². The Bertz CT molecular complexity index is 515. The molecule has 0 bridgehead atoms. The first kappa shape index (κ1) is 18.9. The maximum atomic E-state index is 11.8. The van der Waals surface area contributed by atoms with Gasteiger partial charge >= 0.3 is 133 Å². The zero-order valence-electron chi connectivity index (χ0n) is 14.9. The predicted octanol–water partition coefficient (Wildman–Crippen LogP) is 3.29. The Morgan fingerprint density at radius 2 is 2.04 bits per heavy atom. The molecule has 23 heavy (non-hydrogen) atoms. The van der Waals surface area contributed by atoms with E-state index in [0.29, 0.717) is 0 Å². The topological polar surface area (TPSA) is 48.0 Å². The van der Waals surface area contributed by atoms with Gasteiger partial charge in [0, 0.05) is 0 Å². The number of hydrogen-bond acceptors (Lipinski definition) is 5. The minimum atomic E-state index is -1.68. The normalized spacial score (nSPS) is 31.5. The number of hydrogen-bond donors (Lipinski definition) is 0. The van der Waals surface area contributed by atoms with Gasteiger partial charge < -0.3 is 0 Å². The van der Waals surface area contributed by atoms with Crippen LogP contribution in [0.5, 0.6) is 0 Å². The molecule has 6 heteroatoms. The summed E-state index contributed by atoms with van der Waals surface area (Å²) >= 11 is -1.68. The van der Waals surface area contributed by atoms with E-state index in [2.05, 4.69) is 23.0 Å². The fourth-order valence-corrected chi connectivity index (χ4v) is 11.2. The third-order valence-corrected chi connectivity index (χ3v) is 11.9. The second-order valence-electron chi connectivity index (χ2n) is 5.59. The molecule has 1 fully saturated rings. The van der Waals surface area contributed by atoms with Gasteiger partial charge in [-0.3, -0.25) is 0 Å². The Balaban J connectivity index is 0.000000924. The number of esters is 1. The SMILES string of the molecule is CC.COC(OC)C1CCI2N1CC=C(C)C1=CC(=O)O[C@@]12C. The molecule has 0 radical (unpaired) electrons. The number of fused-ring (bicyclic) bond motifs is 3. The first-order chi connectivity index (χ1) is 11.0. The van der Waals surface area contributed by atoms with Gasteiger partial charge in [-0.1, -0.05) is 13.8 Å². The van der Waals surface area contributed by atoms with Crippen LogP contribution in [0.15, 0.2) is 23.3 Å². The molecule has 0 aromatic rings. The molecule has 3 aliphatic heterocycles. The van der Waals surface area contributed by atoms with Crippen LogP contribution in [-0.2, 0) is 19.0 Å². The molecule has 1 saturated heterocycles. The van der Waals surface area contributed by atoms with Gasteiger partial charge in [0.15, 0.2) is 0 Å². The van der Waals surface area contributed by atoms with Crippen molar-refractivity contribution in [2.45, 2.75) is 50.1 Å². The number of halogens is 1. The summed E-state index contributed by atoms with van der Waals surface area (Å²) < 4.78 is 20.0. The van der Waals surface area contributed by atoms with E-state index in [1.807, 2.05) is 13.8 Å². The molecule has 0 N–H and O–H groups in total. The Morgan fingerprint density at radius 3 is 2.65 bits per heavy atom. The Kier molecular flexibility index (Phi) is 6.27. The summed E-state index contributed by atoms with van der Waals surface area (Å²) in [6.07, 6.45) is 4.73. The van der Waals surface area contributed by atoms with Crippen molar-refractivity contribution in [1.29, 1.82) is 0 Å². The molecule has 0 spiro atoms. The molecule has 5 nitrogen and oxygen atoms in total. The molecule has 0 aromatic heterocycles. The molecule has 3 aliphatic rings. The van der Waals surface area contributed by atoms with Gasteiger partial charge in [0.2, 0.25) is 0 Å². The number of methoxy groups -OCH3 is 2. The van der Waals surface area contributed by atoms with Gasteiger partial charge in [0.25, 0.3) is 0 Å². The summed E-state index contributed by atoms with van der Waals surface area (Å²) in [6, 6.07) is 0.254. The van der Waals surface area contributed by atoms with Crippen LogP contribution in [0.3, 0.4) is 0 Å². The van der Waals surface area contributed by atoms with Crippen LogP contribution in [0.4, 0.5) is 0 Å². The van der Waals surface area contributed by atoms with Crippen LogP contribution >= 0.6 is 20.1 Å². The summed E-state index contributed by atoms with van der Waals surface area (Å²) in [5.41, 5.74) is 2.26. The van der Waals surface area contributed by atoms with E-state index in [0.717, 1.165) is 23.0 Å². The zero-order valence-corrected chi connectivity index (χ0v) is 17.0. The van der Waals surface area contributed by atoms with E-state index in [9.17, 15) is 4.79 Å². The van der Waals surface area contributed by atoms with Crippen molar-refractivity contribution in [1.82, 2.24) is 3.11 Å². The first-order valence-corrected chi connectivity index (χ1v) is 11.7. The van der Waals surface area contributed by atoms with Gasteiger partial charge in [-0.25, -0.2) is 0 Å². The average molecular weight is 437 g/mol. The summed E-state index contributed by atoms with van der Waals surface area (Å²) in [5.74, 6) is -0.196. The molecule has 0 saturated carbocycles. The second-order valence-corrected chi connectivity index (χ2v) is 11.9. The molecule has 0 aromatic carbocycles. The van der Waals surface area contributed by atoms with E-state index in [1.165, 1.54) is 5.57 Å². The minimum absolute atomic E-state index is 0.196. The van der Waals surface area contributed by atoms with Crippen molar-refractivity contribution >= 4 is 26.1 Å². The van der Waals surface area contributed by atoms with Crippen molar-refractivity contribution in [2.24, 2.45) is 0 Å². The molecule has 0 aliphatic carbocycles. The van der Waals surface area contributed by atoms with E-state index >= 15 is 0 Å². The molecule has 2 atom stereocenters. The summed E-state index contributed by atoms with van der Waals surface area (Å²) in [6.45, 7) is 9.07. The Morgan fingerprint density at radius 1 is 1.39 bits per heavy atom. The van der Waals surface area contributed by atoms with Crippen molar-refractivity contribution in [2.75, 3.05) is 25.2 Å². The van der Waals surface area contributed by atoms with Crippen molar-refractivity contribution in [3.05, 3.63) is 23.3 Å². The number of carbonyl (C=O) groups is 1. The molecular weight excluding hydrogens is 409 g/mol. The molecule has 0 amide bonds. The number of ether oxygens (including phenoxy) is 3. The van der Waals surface area contributed by atoms with Gasteiger partial charge in [-0.05, 0) is 0 Å². The van der Waals surface area contributed by atoms with Gasteiger partial charge in [0.05, 0.1) is 0 Å². The van der Waals surface area contributed by atoms with Gasteiger partial charge in [-0.2, -0.15) is 0 Å². The Hall–Kier alpha value is -0.440. The molecular formula is C17H28INO4. The third-order valence-electron chi connectivity index (χ3n) is 4.43. The van der Waals surface area contributed by atoms with E-state index < -0.39 is 23.7 Å².